The number of carbonyl (C=O) groups is 1. The number of ether oxygens (including phenoxy) is 1. The fourth-order valence-electron chi connectivity index (χ4n) is 4.59. The SMILES string of the molecule is CCOC(=O)c1cccnc1C(CC)NCc1ccc2c(c1)CCc1ccccc1N2CC#N. The second-order valence-corrected chi connectivity index (χ2v) is 8.33. The molecule has 0 radical (unpaired) electrons. The number of esters is 1. The molecule has 0 spiro atoms. The fourth-order valence-corrected chi connectivity index (χ4v) is 4.59. The van der Waals surface area contributed by atoms with Gasteiger partial charge in [0.05, 0.1) is 30.0 Å². The van der Waals surface area contributed by atoms with Crippen LogP contribution in [0.2, 0.25) is 0 Å². The van der Waals surface area contributed by atoms with Gasteiger partial charge in [0.1, 0.15) is 6.54 Å². The number of anilines is 2. The summed E-state index contributed by atoms with van der Waals surface area (Å²) in [6.45, 7) is 5.18. The average Bonchev–Trinajstić information content (AvgIpc) is 3.02. The van der Waals surface area contributed by atoms with E-state index in [0.29, 0.717) is 31.0 Å². The Morgan fingerprint density at radius 3 is 2.71 bits per heavy atom. The Bertz CT molecular complexity index is 1200. The molecule has 0 fully saturated rings. The van der Waals surface area contributed by atoms with Gasteiger partial charge < -0.3 is 15.0 Å². The van der Waals surface area contributed by atoms with E-state index in [9.17, 15) is 10.1 Å². The first-order valence-corrected chi connectivity index (χ1v) is 11.9. The first-order chi connectivity index (χ1) is 16.7. The van der Waals surface area contributed by atoms with Crippen molar-refractivity contribution in [3.05, 3.63) is 88.7 Å². The molecule has 0 bridgehead atoms. The normalized spacial score (nSPS) is 13.3. The molecule has 0 amide bonds. The fraction of sp³-hybridized carbons (Fsp3) is 0.321. The van der Waals surface area contributed by atoms with Crippen LogP contribution in [0.4, 0.5) is 11.4 Å². The highest BCUT2D eigenvalue weighted by Crippen LogP contribution is 2.36. The number of nitriles is 1. The minimum atomic E-state index is -0.340. The summed E-state index contributed by atoms with van der Waals surface area (Å²) >= 11 is 0. The van der Waals surface area contributed by atoms with Crippen molar-refractivity contribution in [1.29, 1.82) is 5.26 Å². The van der Waals surface area contributed by atoms with Crippen molar-refractivity contribution in [3.8, 4) is 6.07 Å². The molecule has 0 saturated heterocycles. The van der Waals surface area contributed by atoms with Gasteiger partial charge in [-0.05, 0) is 67.1 Å². The van der Waals surface area contributed by atoms with E-state index in [1.807, 2.05) is 6.07 Å². The second kappa shape index (κ2) is 11.0. The van der Waals surface area contributed by atoms with Crippen LogP contribution in [0.1, 0.15) is 59.1 Å². The molecule has 34 heavy (non-hydrogen) atoms. The van der Waals surface area contributed by atoms with Gasteiger partial charge in [0.2, 0.25) is 0 Å². The number of pyridine rings is 1. The Kier molecular flexibility index (Phi) is 7.56. The summed E-state index contributed by atoms with van der Waals surface area (Å²) in [5, 5.41) is 13.0. The Morgan fingerprint density at radius 1 is 1.12 bits per heavy atom. The van der Waals surface area contributed by atoms with Gasteiger partial charge in [-0.2, -0.15) is 5.26 Å². The van der Waals surface area contributed by atoms with E-state index in [4.69, 9.17) is 4.74 Å². The molecule has 1 N–H and O–H groups in total. The van der Waals surface area contributed by atoms with Crippen molar-refractivity contribution in [1.82, 2.24) is 10.3 Å². The first-order valence-electron chi connectivity index (χ1n) is 11.9. The highest BCUT2D eigenvalue weighted by atomic mass is 16.5. The number of hydrogen-bond donors (Lipinski definition) is 1. The summed E-state index contributed by atoms with van der Waals surface area (Å²) in [6, 6.07) is 20.6. The highest BCUT2D eigenvalue weighted by molar-refractivity contribution is 5.90. The van der Waals surface area contributed by atoms with Gasteiger partial charge in [0, 0.05) is 24.1 Å². The van der Waals surface area contributed by atoms with Crippen LogP contribution >= 0.6 is 0 Å². The molecular weight excluding hydrogens is 424 g/mol. The highest BCUT2D eigenvalue weighted by Gasteiger charge is 2.22. The van der Waals surface area contributed by atoms with E-state index in [-0.39, 0.29) is 12.0 Å². The molecule has 3 aromatic rings. The zero-order valence-electron chi connectivity index (χ0n) is 19.8. The summed E-state index contributed by atoms with van der Waals surface area (Å²) in [6.07, 6.45) is 4.37. The molecule has 1 atom stereocenters. The average molecular weight is 455 g/mol. The van der Waals surface area contributed by atoms with Gasteiger partial charge in [-0.3, -0.25) is 4.98 Å². The zero-order chi connectivity index (χ0) is 23.9. The van der Waals surface area contributed by atoms with Crippen molar-refractivity contribution >= 4 is 17.3 Å². The molecule has 4 rings (SSSR count). The number of rotatable bonds is 8. The molecule has 1 unspecified atom stereocenters. The lowest BCUT2D eigenvalue weighted by Gasteiger charge is -2.25. The molecule has 1 aliphatic rings. The molecule has 2 heterocycles. The number of carbonyl (C=O) groups excluding carboxylic acids is 1. The van der Waals surface area contributed by atoms with E-state index in [1.165, 1.54) is 11.1 Å². The second-order valence-electron chi connectivity index (χ2n) is 8.33. The number of fused-ring (bicyclic) bond motifs is 2. The summed E-state index contributed by atoms with van der Waals surface area (Å²) < 4.78 is 5.22. The molecule has 0 saturated carbocycles. The van der Waals surface area contributed by atoms with Gasteiger partial charge in [-0.25, -0.2) is 4.79 Å². The predicted molar refractivity (Wildman–Crippen MR) is 133 cm³/mol. The quantitative estimate of drug-likeness (QED) is 0.370. The number of nitrogens with one attached hydrogen (secondary N) is 1. The van der Waals surface area contributed by atoms with E-state index >= 15 is 0 Å². The van der Waals surface area contributed by atoms with Crippen LogP contribution in [0.15, 0.2) is 60.8 Å². The molecule has 0 aliphatic carbocycles. The van der Waals surface area contributed by atoms with Crippen LogP contribution in [-0.4, -0.2) is 24.1 Å². The molecule has 6 heteroatoms. The summed E-state index contributed by atoms with van der Waals surface area (Å²) in [4.78, 5) is 19.0. The van der Waals surface area contributed by atoms with Gasteiger partial charge in [-0.1, -0.05) is 37.3 Å². The number of hydrogen-bond acceptors (Lipinski definition) is 6. The van der Waals surface area contributed by atoms with Crippen LogP contribution < -0.4 is 10.2 Å². The number of nitrogens with zero attached hydrogens (tertiary/aromatic N) is 3. The third-order valence-corrected chi connectivity index (χ3v) is 6.23. The van der Waals surface area contributed by atoms with E-state index in [2.05, 4.69) is 64.6 Å². The standard InChI is InChI=1S/C28H30N4O2/c1-3-24(27-23(9-7-16-30-27)28(33)34-4-2)31-19-20-11-14-26-22(18-20)13-12-21-8-5-6-10-25(21)32(26)17-15-29/h5-11,14,16,18,24,31H,3-4,12-13,17,19H2,1-2H3. The number of aromatic nitrogens is 1. The lowest BCUT2D eigenvalue weighted by atomic mass is 10.0. The summed E-state index contributed by atoms with van der Waals surface area (Å²) in [7, 11) is 0. The van der Waals surface area contributed by atoms with Crippen LogP contribution in [-0.2, 0) is 24.1 Å². The predicted octanol–water partition coefficient (Wildman–Crippen LogP) is 5.26. The number of benzene rings is 2. The van der Waals surface area contributed by atoms with E-state index < -0.39 is 0 Å². The van der Waals surface area contributed by atoms with Crippen molar-refractivity contribution in [2.75, 3.05) is 18.1 Å². The van der Waals surface area contributed by atoms with Gasteiger partial charge in [0.25, 0.3) is 0 Å². The van der Waals surface area contributed by atoms with Crippen molar-refractivity contribution < 1.29 is 9.53 Å². The lowest BCUT2D eigenvalue weighted by Crippen LogP contribution is -2.24. The zero-order valence-corrected chi connectivity index (χ0v) is 19.8. The van der Waals surface area contributed by atoms with Crippen molar-refractivity contribution in [2.45, 2.75) is 45.7 Å². The largest absolute Gasteiger partial charge is 0.462 e. The van der Waals surface area contributed by atoms with Gasteiger partial charge >= 0.3 is 5.97 Å². The third-order valence-electron chi connectivity index (χ3n) is 6.23. The number of para-hydroxylation sites is 1. The first kappa shape index (κ1) is 23.5. The van der Waals surface area contributed by atoms with Crippen LogP contribution in [0.25, 0.3) is 0 Å². The summed E-state index contributed by atoms with van der Waals surface area (Å²) in [5.74, 6) is -0.340. The van der Waals surface area contributed by atoms with Crippen LogP contribution in [0.3, 0.4) is 0 Å². The third kappa shape index (κ3) is 4.95. The monoisotopic (exact) mass is 454 g/mol. The van der Waals surface area contributed by atoms with Gasteiger partial charge in [-0.15, -0.1) is 0 Å². The maximum atomic E-state index is 12.4. The molecule has 174 valence electrons. The Morgan fingerprint density at radius 2 is 1.91 bits per heavy atom. The lowest BCUT2D eigenvalue weighted by molar-refractivity contribution is 0.0523. The smallest absolute Gasteiger partial charge is 0.340 e. The minimum absolute atomic E-state index is 0.0706. The van der Waals surface area contributed by atoms with E-state index in [1.54, 1.807) is 25.3 Å². The number of aryl methyl sites for hydroxylation is 2. The van der Waals surface area contributed by atoms with Gasteiger partial charge in [0.15, 0.2) is 0 Å². The molecule has 1 aliphatic heterocycles. The Hall–Kier alpha value is -3.69. The minimum Gasteiger partial charge on any atom is -0.462 e. The summed E-state index contributed by atoms with van der Waals surface area (Å²) in [5.41, 5.74) is 7.10. The molecule has 6 nitrogen and oxygen atoms in total. The topological polar surface area (TPSA) is 78.2 Å². The van der Waals surface area contributed by atoms with Crippen LogP contribution in [0.5, 0.6) is 0 Å². The van der Waals surface area contributed by atoms with E-state index in [0.717, 1.165) is 36.2 Å². The van der Waals surface area contributed by atoms with Crippen molar-refractivity contribution in [2.24, 2.45) is 0 Å². The van der Waals surface area contributed by atoms with Crippen LogP contribution in [0, 0.1) is 11.3 Å². The van der Waals surface area contributed by atoms with Crippen molar-refractivity contribution in [3.63, 3.8) is 0 Å². The maximum Gasteiger partial charge on any atom is 0.340 e. The molecule has 1 aromatic heterocycles. The molecular formula is C28H30N4O2. The Balaban J connectivity index is 1.55. The molecule has 2 aromatic carbocycles. The maximum absolute atomic E-state index is 12.4. The Labute approximate surface area is 201 Å².